The molecule has 0 aliphatic heterocycles. The van der Waals surface area contributed by atoms with Crippen LogP contribution in [0.25, 0.3) is 10.8 Å². The molecule has 0 bridgehead atoms. The molecule has 0 radical (unpaired) electrons. The van der Waals surface area contributed by atoms with Crippen LogP contribution in [0.15, 0.2) is 79.0 Å². The number of rotatable bonds is 9. The summed E-state index contributed by atoms with van der Waals surface area (Å²) in [6.45, 7) is 2.13. The minimum atomic E-state index is 0.298. The third-order valence-corrected chi connectivity index (χ3v) is 5.61. The molecule has 4 nitrogen and oxygen atoms in total. The number of nitrogens with one attached hydrogen (secondary N) is 1. The maximum Gasteiger partial charge on any atom is 0.213 e. The second-order valence-corrected chi connectivity index (χ2v) is 7.76. The van der Waals surface area contributed by atoms with Crippen LogP contribution in [0.1, 0.15) is 11.1 Å². The van der Waals surface area contributed by atoms with Crippen LogP contribution in [0.5, 0.6) is 11.6 Å². The predicted molar refractivity (Wildman–Crippen MR) is 126 cm³/mol. The Hall–Kier alpha value is -2.79. The number of nitrogens with zero attached hydrogens (tertiary/aromatic N) is 1. The van der Waals surface area contributed by atoms with Crippen molar-refractivity contribution in [2.75, 3.05) is 13.2 Å². The average Bonchev–Trinajstić information content (AvgIpc) is 2.80. The summed E-state index contributed by atoms with van der Waals surface area (Å²) in [5.41, 5.74) is 1.86. The van der Waals surface area contributed by atoms with Gasteiger partial charge in [0, 0.05) is 46.5 Å². The first kappa shape index (κ1) is 21.4. The highest BCUT2D eigenvalue weighted by Gasteiger charge is 2.11. The van der Waals surface area contributed by atoms with Gasteiger partial charge in [0.25, 0.3) is 0 Å². The molecule has 0 atom stereocenters. The molecule has 31 heavy (non-hydrogen) atoms. The molecule has 1 heterocycles. The van der Waals surface area contributed by atoms with Gasteiger partial charge in [0.2, 0.25) is 5.88 Å². The van der Waals surface area contributed by atoms with E-state index in [1.807, 2.05) is 54.6 Å². The van der Waals surface area contributed by atoms with E-state index < -0.39 is 0 Å². The summed E-state index contributed by atoms with van der Waals surface area (Å²) < 4.78 is 11.8. The lowest BCUT2D eigenvalue weighted by Crippen LogP contribution is -2.21. The van der Waals surface area contributed by atoms with Gasteiger partial charge in [0.05, 0.1) is 0 Å². The number of benzene rings is 3. The van der Waals surface area contributed by atoms with Crippen LogP contribution in [0.2, 0.25) is 10.0 Å². The fraction of sp³-hybridized carbons (Fsp3) is 0.160. The largest absolute Gasteiger partial charge is 0.488 e. The number of halogens is 2. The van der Waals surface area contributed by atoms with Gasteiger partial charge in [-0.25, -0.2) is 4.98 Å². The quantitative estimate of drug-likeness (QED) is 0.303. The summed E-state index contributed by atoms with van der Waals surface area (Å²) in [5.74, 6) is 1.42. The summed E-state index contributed by atoms with van der Waals surface area (Å²) in [6.07, 6.45) is 1.72. The van der Waals surface area contributed by atoms with E-state index >= 15 is 0 Å². The summed E-state index contributed by atoms with van der Waals surface area (Å²) in [7, 11) is 0. The second kappa shape index (κ2) is 10.5. The van der Waals surface area contributed by atoms with Gasteiger partial charge in [0.15, 0.2) is 0 Å². The molecule has 4 aromatic rings. The Morgan fingerprint density at radius 3 is 2.39 bits per heavy atom. The predicted octanol–water partition coefficient (Wildman–Crippen LogP) is 6.29. The molecule has 0 fully saturated rings. The molecule has 0 unspecified atom stereocenters. The van der Waals surface area contributed by atoms with E-state index in [2.05, 4.69) is 28.5 Å². The van der Waals surface area contributed by atoms with Crippen LogP contribution in [-0.2, 0) is 13.2 Å². The minimum absolute atomic E-state index is 0.298. The van der Waals surface area contributed by atoms with Gasteiger partial charge in [-0.05, 0) is 35.0 Å². The average molecular weight is 453 g/mol. The maximum absolute atomic E-state index is 6.30. The molecular formula is C25H22Cl2N2O2. The molecule has 4 rings (SSSR count). The molecule has 6 heteroatoms. The van der Waals surface area contributed by atoms with Crippen LogP contribution >= 0.6 is 23.2 Å². The van der Waals surface area contributed by atoms with E-state index in [0.717, 1.165) is 27.6 Å². The highest BCUT2D eigenvalue weighted by atomic mass is 35.5. The summed E-state index contributed by atoms with van der Waals surface area (Å²) in [4.78, 5) is 4.17. The second-order valence-electron chi connectivity index (χ2n) is 6.95. The molecule has 0 aliphatic carbocycles. The van der Waals surface area contributed by atoms with Gasteiger partial charge in [-0.15, -0.1) is 0 Å². The summed E-state index contributed by atoms with van der Waals surface area (Å²) >= 11 is 12.6. The van der Waals surface area contributed by atoms with Crippen molar-refractivity contribution in [3.8, 4) is 11.6 Å². The SMILES string of the molecule is Clc1cccc(Cl)c1COc1ccc2ccccc2c1CNCCOc1ccccn1. The van der Waals surface area contributed by atoms with Crippen LogP contribution in [0, 0.1) is 0 Å². The third-order valence-electron chi connectivity index (χ3n) is 4.90. The first-order valence-corrected chi connectivity index (χ1v) is 10.8. The summed E-state index contributed by atoms with van der Waals surface area (Å²) in [5, 5.41) is 6.94. The normalized spacial score (nSPS) is 10.9. The maximum atomic E-state index is 6.30. The molecule has 158 valence electrons. The first-order valence-electron chi connectivity index (χ1n) is 10.0. The topological polar surface area (TPSA) is 43.4 Å². The zero-order valence-corrected chi connectivity index (χ0v) is 18.4. The van der Waals surface area contributed by atoms with Crippen LogP contribution in [-0.4, -0.2) is 18.1 Å². The van der Waals surface area contributed by atoms with E-state index in [0.29, 0.717) is 42.2 Å². The Bertz CT molecular complexity index is 1130. The molecule has 3 aromatic carbocycles. The zero-order valence-electron chi connectivity index (χ0n) is 16.9. The van der Waals surface area contributed by atoms with Crippen LogP contribution < -0.4 is 14.8 Å². The minimum Gasteiger partial charge on any atom is -0.488 e. The van der Waals surface area contributed by atoms with Crippen molar-refractivity contribution in [3.05, 3.63) is 100 Å². The number of ether oxygens (including phenoxy) is 2. The van der Waals surface area contributed by atoms with Gasteiger partial charge >= 0.3 is 0 Å². The summed E-state index contributed by atoms with van der Waals surface area (Å²) in [6, 6.07) is 23.4. The van der Waals surface area contributed by atoms with E-state index in [4.69, 9.17) is 32.7 Å². The molecule has 0 saturated carbocycles. The zero-order chi connectivity index (χ0) is 21.5. The lowest BCUT2D eigenvalue weighted by Gasteiger charge is -2.16. The molecule has 1 aromatic heterocycles. The van der Waals surface area contributed by atoms with Gasteiger partial charge < -0.3 is 14.8 Å². The van der Waals surface area contributed by atoms with Gasteiger partial charge in [-0.2, -0.15) is 0 Å². The fourth-order valence-corrected chi connectivity index (χ4v) is 3.83. The molecule has 0 aliphatic rings. The Morgan fingerprint density at radius 2 is 1.58 bits per heavy atom. The molecule has 0 spiro atoms. The molecule has 1 N–H and O–H groups in total. The first-order chi connectivity index (χ1) is 15.2. The lowest BCUT2D eigenvalue weighted by atomic mass is 10.0. The third kappa shape index (κ3) is 5.47. The number of hydrogen-bond donors (Lipinski definition) is 1. The van der Waals surface area contributed by atoms with E-state index in [9.17, 15) is 0 Å². The van der Waals surface area contributed by atoms with Gasteiger partial charge in [-0.3, -0.25) is 0 Å². The van der Waals surface area contributed by atoms with Crippen molar-refractivity contribution in [1.82, 2.24) is 10.3 Å². The molecule has 0 saturated heterocycles. The highest BCUT2D eigenvalue weighted by molar-refractivity contribution is 6.35. The van der Waals surface area contributed by atoms with Crippen molar-refractivity contribution in [2.24, 2.45) is 0 Å². The van der Waals surface area contributed by atoms with Crippen LogP contribution in [0.3, 0.4) is 0 Å². The van der Waals surface area contributed by atoms with E-state index in [1.54, 1.807) is 6.20 Å². The highest BCUT2D eigenvalue weighted by Crippen LogP contribution is 2.31. The van der Waals surface area contributed by atoms with Crippen molar-refractivity contribution in [3.63, 3.8) is 0 Å². The Balaban J connectivity index is 1.46. The van der Waals surface area contributed by atoms with Gasteiger partial charge in [-0.1, -0.05) is 65.7 Å². The lowest BCUT2D eigenvalue weighted by molar-refractivity contribution is 0.295. The number of hydrogen-bond acceptors (Lipinski definition) is 4. The van der Waals surface area contributed by atoms with Crippen molar-refractivity contribution in [2.45, 2.75) is 13.2 Å². The number of pyridine rings is 1. The smallest absolute Gasteiger partial charge is 0.213 e. The Labute approximate surface area is 191 Å². The van der Waals surface area contributed by atoms with Crippen LogP contribution in [0.4, 0.5) is 0 Å². The number of aromatic nitrogens is 1. The van der Waals surface area contributed by atoms with Crippen molar-refractivity contribution >= 4 is 34.0 Å². The monoisotopic (exact) mass is 452 g/mol. The van der Waals surface area contributed by atoms with E-state index in [-0.39, 0.29) is 0 Å². The number of fused-ring (bicyclic) bond motifs is 1. The van der Waals surface area contributed by atoms with Gasteiger partial charge in [0.1, 0.15) is 19.0 Å². The Morgan fingerprint density at radius 1 is 0.774 bits per heavy atom. The fourth-order valence-electron chi connectivity index (χ4n) is 3.33. The van der Waals surface area contributed by atoms with E-state index in [1.165, 1.54) is 0 Å². The standard InChI is InChI=1S/C25H22Cl2N2O2/c26-22-8-5-9-23(27)21(22)17-31-24-12-11-18-6-1-2-7-19(18)20(24)16-28-14-15-30-25-10-3-4-13-29-25/h1-13,28H,14-17H2. The molecule has 0 amide bonds. The Kier molecular flexibility index (Phi) is 7.26. The van der Waals surface area contributed by atoms with Crippen molar-refractivity contribution in [1.29, 1.82) is 0 Å². The van der Waals surface area contributed by atoms with Crippen molar-refractivity contribution < 1.29 is 9.47 Å². The molecular weight excluding hydrogens is 431 g/mol.